The second kappa shape index (κ2) is 10.6. The number of hydrogen-bond acceptors (Lipinski definition) is 4. The molecule has 214 valence electrons. The lowest BCUT2D eigenvalue weighted by Gasteiger charge is -2.36. The number of para-hydroxylation sites is 2. The summed E-state index contributed by atoms with van der Waals surface area (Å²) in [5, 5.41) is 4.53. The van der Waals surface area contributed by atoms with E-state index in [9.17, 15) is 14.4 Å². The first-order valence-electron chi connectivity index (χ1n) is 14.0. The van der Waals surface area contributed by atoms with E-state index in [0.29, 0.717) is 17.2 Å². The summed E-state index contributed by atoms with van der Waals surface area (Å²) in [5.74, 6) is -0.113. The van der Waals surface area contributed by atoms with Crippen molar-refractivity contribution in [2.45, 2.75) is 25.0 Å². The Kier molecular flexibility index (Phi) is 6.63. The van der Waals surface area contributed by atoms with Crippen LogP contribution in [0.15, 0.2) is 97.1 Å². The molecule has 4 amide bonds. The van der Waals surface area contributed by atoms with Crippen molar-refractivity contribution in [3.63, 3.8) is 0 Å². The van der Waals surface area contributed by atoms with Crippen LogP contribution in [-0.4, -0.2) is 40.9 Å². The van der Waals surface area contributed by atoms with Gasteiger partial charge in [-0.15, -0.1) is 0 Å². The van der Waals surface area contributed by atoms with Gasteiger partial charge in [0.2, 0.25) is 0 Å². The summed E-state index contributed by atoms with van der Waals surface area (Å²) >= 11 is 5.99. The molecule has 3 heterocycles. The molecule has 2 atom stereocenters. The predicted octanol–water partition coefficient (Wildman–Crippen LogP) is 6.24. The molecule has 4 aromatic carbocycles. The number of imide groups is 1. The van der Waals surface area contributed by atoms with Crippen LogP contribution >= 0.6 is 11.6 Å². The van der Waals surface area contributed by atoms with E-state index in [1.54, 1.807) is 48.4 Å². The third kappa shape index (κ3) is 4.51. The number of aromatic amines is 1. The van der Waals surface area contributed by atoms with Gasteiger partial charge in [-0.05, 0) is 59.2 Å². The summed E-state index contributed by atoms with van der Waals surface area (Å²) in [4.78, 5) is 48.3. The van der Waals surface area contributed by atoms with Crippen molar-refractivity contribution in [3.05, 3.63) is 130 Å². The Labute approximate surface area is 252 Å². The number of amides is 4. The maximum absolute atomic E-state index is 14.3. The van der Waals surface area contributed by atoms with Crippen LogP contribution in [0.4, 0.5) is 10.5 Å². The molecule has 1 aromatic heterocycles. The smallest absolute Gasteiger partial charge is 0.332 e. The molecule has 5 aromatic rings. The topological polar surface area (TPSA) is 94.7 Å². The molecule has 7 rings (SSSR count). The van der Waals surface area contributed by atoms with Crippen LogP contribution in [0.5, 0.6) is 5.75 Å². The number of fused-ring (bicyclic) bond motifs is 4. The number of nitrogens with one attached hydrogen (secondary N) is 2. The minimum Gasteiger partial charge on any atom is -0.497 e. The number of carbonyl (C=O) groups is 3. The first-order valence-corrected chi connectivity index (χ1v) is 14.3. The van der Waals surface area contributed by atoms with E-state index in [1.165, 1.54) is 0 Å². The van der Waals surface area contributed by atoms with E-state index in [2.05, 4.69) is 10.3 Å². The molecule has 2 aliphatic rings. The first-order chi connectivity index (χ1) is 20.9. The van der Waals surface area contributed by atoms with Gasteiger partial charge in [0.1, 0.15) is 17.8 Å². The molecule has 1 fully saturated rings. The largest absolute Gasteiger partial charge is 0.497 e. The van der Waals surface area contributed by atoms with Crippen LogP contribution in [0.25, 0.3) is 10.9 Å². The van der Waals surface area contributed by atoms with E-state index in [1.807, 2.05) is 60.7 Å². The Bertz CT molecular complexity index is 1900. The fourth-order valence-electron chi connectivity index (χ4n) is 6.19. The van der Waals surface area contributed by atoms with Crippen LogP contribution in [0.1, 0.15) is 38.8 Å². The molecule has 0 aliphatic carbocycles. The Morgan fingerprint density at radius 2 is 1.74 bits per heavy atom. The van der Waals surface area contributed by atoms with Crippen molar-refractivity contribution in [1.29, 1.82) is 0 Å². The summed E-state index contributed by atoms with van der Waals surface area (Å²) in [6.07, 6.45) is 0.353. The molecular formula is C34H27ClN4O4. The summed E-state index contributed by atoms with van der Waals surface area (Å²) < 4.78 is 5.50. The second-order valence-corrected chi connectivity index (χ2v) is 11.1. The zero-order valence-corrected chi connectivity index (χ0v) is 24.0. The highest BCUT2D eigenvalue weighted by molar-refractivity contribution is 6.30. The normalized spacial score (nSPS) is 17.6. The molecule has 8 nitrogen and oxygen atoms in total. The number of ether oxygens (including phenoxy) is 1. The minimum absolute atomic E-state index is 0.236. The molecule has 2 aliphatic heterocycles. The molecule has 43 heavy (non-hydrogen) atoms. The SMILES string of the molecule is COc1cccc([C@H]2c3[nH]c4ccccc4c3C[C@H]3C(=O)N(c4ccccc4C(=O)NCc4ccc(Cl)cc4)C(=O)N23)c1. The fourth-order valence-corrected chi connectivity index (χ4v) is 6.32. The van der Waals surface area contributed by atoms with Gasteiger partial charge in [0, 0.05) is 34.6 Å². The van der Waals surface area contributed by atoms with Crippen molar-refractivity contribution in [2.75, 3.05) is 12.0 Å². The average Bonchev–Trinajstić information content (AvgIpc) is 3.53. The van der Waals surface area contributed by atoms with E-state index in [4.69, 9.17) is 16.3 Å². The fraction of sp³-hybridized carbons (Fsp3) is 0.147. The van der Waals surface area contributed by atoms with E-state index >= 15 is 0 Å². The highest BCUT2D eigenvalue weighted by atomic mass is 35.5. The molecule has 2 N–H and O–H groups in total. The molecular weight excluding hydrogens is 564 g/mol. The van der Waals surface area contributed by atoms with Crippen molar-refractivity contribution in [1.82, 2.24) is 15.2 Å². The van der Waals surface area contributed by atoms with Crippen molar-refractivity contribution in [3.8, 4) is 5.75 Å². The number of urea groups is 1. The van der Waals surface area contributed by atoms with Gasteiger partial charge in [-0.3, -0.25) is 14.5 Å². The number of rotatable bonds is 6. The number of anilines is 1. The van der Waals surface area contributed by atoms with Gasteiger partial charge in [0.25, 0.3) is 11.8 Å². The Morgan fingerprint density at radius 3 is 2.56 bits per heavy atom. The number of aromatic nitrogens is 1. The Hall–Kier alpha value is -5.08. The zero-order valence-electron chi connectivity index (χ0n) is 23.2. The van der Waals surface area contributed by atoms with E-state index in [0.717, 1.165) is 38.2 Å². The first kappa shape index (κ1) is 26.8. The maximum atomic E-state index is 14.3. The number of H-pyrrole nitrogens is 1. The lowest BCUT2D eigenvalue weighted by atomic mass is 9.89. The molecule has 0 bridgehead atoms. The highest BCUT2D eigenvalue weighted by Gasteiger charge is 2.53. The molecule has 0 radical (unpaired) electrons. The Balaban J connectivity index is 1.28. The van der Waals surface area contributed by atoms with Gasteiger partial charge in [0.15, 0.2) is 0 Å². The van der Waals surface area contributed by atoms with Crippen LogP contribution in [0.3, 0.4) is 0 Å². The average molecular weight is 591 g/mol. The molecule has 1 saturated heterocycles. The molecule has 9 heteroatoms. The zero-order chi connectivity index (χ0) is 29.7. The number of carbonyl (C=O) groups excluding carboxylic acids is 3. The number of hydrogen-bond donors (Lipinski definition) is 2. The number of halogens is 1. The summed E-state index contributed by atoms with van der Waals surface area (Å²) in [7, 11) is 1.60. The quantitative estimate of drug-likeness (QED) is 0.229. The highest BCUT2D eigenvalue weighted by Crippen LogP contribution is 2.45. The van der Waals surface area contributed by atoms with E-state index < -0.39 is 24.0 Å². The molecule has 0 saturated carbocycles. The number of methoxy groups -OCH3 is 1. The molecule has 0 spiro atoms. The number of nitrogens with zero attached hydrogens (tertiary/aromatic N) is 2. The second-order valence-electron chi connectivity index (χ2n) is 10.7. The predicted molar refractivity (Wildman–Crippen MR) is 164 cm³/mol. The van der Waals surface area contributed by atoms with Crippen LogP contribution < -0.4 is 15.0 Å². The maximum Gasteiger partial charge on any atom is 0.332 e. The minimum atomic E-state index is -0.749. The van der Waals surface area contributed by atoms with Crippen LogP contribution in [0.2, 0.25) is 5.02 Å². The van der Waals surface area contributed by atoms with Gasteiger partial charge < -0.3 is 15.0 Å². The van der Waals surface area contributed by atoms with Gasteiger partial charge in [-0.2, -0.15) is 0 Å². The molecule has 0 unspecified atom stereocenters. The van der Waals surface area contributed by atoms with Crippen molar-refractivity contribution < 1.29 is 19.1 Å². The van der Waals surface area contributed by atoms with Gasteiger partial charge in [0.05, 0.1) is 18.4 Å². The third-order valence-corrected chi connectivity index (χ3v) is 8.47. The summed E-state index contributed by atoms with van der Waals surface area (Å²) in [5.41, 5.74) is 4.98. The summed E-state index contributed by atoms with van der Waals surface area (Å²) in [6.45, 7) is 0.264. The standard InChI is InChI=1S/C34H27ClN4O4/c1-43-23-8-6-7-21(17-23)31-30-26(24-9-2-4-11-27(24)37-30)18-29-33(41)39(34(42)38(29)31)28-12-5-3-10-25(28)32(40)36-19-20-13-15-22(35)16-14-20/h2-17,29,31,37H,18-19H2,1H3,(H,36,40)/t29-,31-/m0/s1. The lowest BCUT2D eigenvalue weighted by Crippen LogP contribution is -2.44. The monoisotopic (exact) mass is 590 g/mol. The van der Waals surface area contributed by atoms with Gasteiger partial charge in [-0.25, -0.2) is 9.69 Å². The van der Waals surface area contributed by atoms with E-state index in [-0.39, 0.29) is 23.7 Å². The number of benzene rings is 4. The van der Waals surface area contributed by atoms with Gasteiger partial charge >= 0.3 is 6.03 Å². The Morgan fingerprint density at radius 1 is 0.977 bits per heavy atom. The van der Waals surface area contributed by atoms with Crippen molar-refractivity contribution >= 4 is 46.0 Å². The third-order valence-electron chi connectivity index (χ3n) is 8.21. The van der Waals surface area contributed by atoms with Crippen molar-refractivity contribution in [2.24, 2.45) is 0 Å². The lowest BCUT2D eigenvalue weighted by molar-refractivity contribution is -0.120. The van der Waals surface area contributed by atoms with Gasteiger partial charge in [-0.1, -0.05) is 66.2 Å². The van der Waals surface area contributed by atoms with Crippen LogP contribution in [-0.2, 0) is 17.8 Å². The summed E-state index contributed by atoms with van der Waals surface area (Å²) in [6, 6.07) is 27.6. The van der Waals surface area contributed by atoms with Crippen LogP contribution in [0, 0.1) is 0 Å².